The van der Waals surface area contributed by atoms with Crippen LogP contribution in [0.3, 0.4) is 0 Å². The lowest BCUT2D eigenvalue weighted by Crippen LogP contribution is -2.55. The van der Waals surface area contributed by atoms with Crippen molar-refractivity contribution in [2.24, 2.45) is 0 Å². The van der Waals surface area contributed by atoms with E-state index < -0.39 is 0 Å². The molecule has 1 aliphatic carbocycles. The summed E-state index contributed by atoms with van der Waals surface area (Å²) in [5.41, 5.74) is 6.39. The van der Waals surface area contributed by atoms with Crippen LogP contribution in [0.4, 0.5) is 5.82 Å². The molecule has 1 aromatic heterocycles. The fourth-order valence-electron chi connectivity index (χ4n) is 6.84. The SMILES string of the molecule is C=CC(=O)N1CCN(c2nc(CC)nc3c2CCN(C2=CCCc4ccccc42)C3)CC1CC#N.CC(C)N1CCCC1. The van der Waals surface area contributed by atoms with Crippen molar-refractivity contribution in [2.75, 3.05) is 44.2 Å². The van der Waals surface area contributed by atoms with E-state index in [-0.39, 0.29) is 11.9 Å². The molecule has 1 atom stereocenters. The minimum atomic E-state index is -0.168. The smallest absolute Gasteiger partial charge is 0.246 e. The van der Waals surface area contributed by atoms with Gasteiger partial charge in [0.15, 0.2) is 0 Å². The van der Waals surface area contributed by atoms with Crippen LogP contribution in [-0.4, -0.2) is 81.9 Å². The summed E-state index contributed by atoms with van der Waals surface area (Å²) in [5.74, 6) is 1.72. The highest BCUT2D eigenvalue weighted by molar-refractivity contribution is 5.87. The molecule has 3 aliphatic heterocycles. The molecule has 0 spiro atoms. The number of hydrogen-bond donors (Lipinski definition) is 0. The molecular weight excluding hydrogens is 534 g/mol. The first-order valence-corrected chi connectivity index (χ1v) is 16.1. The third-order valence-electron chi connectivity index (χ3n) is 9.23. The number of benzene rings is 1. The van der Waals surface area contributed by atoms with Gasteiger partial charge >= 0.3 is 0 Å². The number of likely N-dealkylation sites (tertiary alicyclic amines) is 1. The molecule has 1 unspecified atom stereocenters. The van der Waals surface area contributed by atoms with Gasteiger partial charge in [0.1, 0.15) is 11.6 Å². The minimum Gasteiger partial charge on any atom is -0.365 e. The maximum absolute atomic E-state index is 12.3. The van der Waals surface area contributed by atoms with Crippen LogP contribution in [0, 0.1) is 11.3 Å². The Labute approximate surface area is 257 Å². The van der Waals surface area contributed by atoms with E-state index in [0.29, 0.717) is 26.1 Å². The monoisotopic (exact) mass is 581 g/mol. The quantitative estimate of drug-likeness (QED) is 0.445. The molecule has 0 bridgehead atoms. The minimum absolute atomic E-state index is 0.111. The number of hydrogen-bond acceptors (Lipinski definition) is 7. The summed E-state index contributed by atoms with van der Waals surface area (Å²) in [6.07, 6.45) is 10.7. The highest BCUT2D eigenvalue weighted by atomic mass is 16.2. The Morgan fingerprint density at radius 3 is 2.58 bits per heavy atom. The van der Waals surface area contributed by atoms with Gasteiger partial charge < -0.3 is 19.6 Å². The number of carbonyl (C=O) groups excluding carboxylic acids is 1. The molecular formula is C35H47N7O. The van der Waals surface area contributed by atoms with Crippen molar-refractivity contribution in [3.63, 3.8) is 0 Å². The van der Waals surface area contributed by atoms with Gasteiger partial charge in [-0.05, 0) is 70.7 Å². The zero-order valence-electron chi connectivity index (χ0n) is 26.3. The lowest BCUT2D eigenvalue weighted by atomic mass is 9.92. The van der Waals surface area contributed by atoms with Crippen LogP contribution in [0.2, 0.25) is 0 Å². The van der Waals surface area contributed by atoms with Gasteiger partial charge in [0.25, 0.3) is 0 Å². The number of rotatable bonds is 6. The van der Waals surface area contributed by atoms with Crippen LogP contribution >= 0.6 is 0 Å². The van der Waals surface area contributed by atoms with Gasteiger partial charge in [0.05, 0.1) is 30.8 Å². The molecule has 4 aliphatic rings. The van der Waals surface area contributed by atoms with Gasteiger partial charge in [-0.25, -0.2) is 9.97 Å². The Morgan fingerprint density at radius 1 is 1.09 bits per heavy atom. The molecule has 1 aromatic carbocycles. The summed E-state index contributed by atoms with van der Waals surface area (Å²) in [7, 11) is 0. The Hall–Kier alpha value is -3.70. The number of nitrogens with zero attached hydrogens (tertiary/aromatic N) is 7. The second-order valence-electron chi connectivity index (χ2n) is 12.2. The van der Waals surface area contributed by atoms with Gasteiger partial charge in [-0.15, -0.1) is 0 Å². The van der Waals surface area contributed by atoms with E-state index in [9.17, 15) is 10.1 Å². The molecule has 6 rings (SSSR count). The molecule has 0 radical (unpaired) electrons. The average Bonchev–Trinajstić information content (AvgIpc) is 3.60. The van der Waals surface area contributed by atoms with Crippen molar-refractivity contribution in [1.29, 1.82) is 5.26 Å². The van der Waals surface area contributed by atoms with Gasteiger partial charge in [-0.1, -0.05) is 43.8 Å². The molecule has 43 heavy (non-hydrogen) atoms. The highest BCUT2D eigenvalue weighted by Gasteiger charge is 2.33. The lowest BCUT2D eigenvalue weighted by molar-refractivity contribution is -0.128. The summed E-state index contributed by atoms with van der Waals surface area (Å²) in [6, 6.07) is 11.6. The van der Waals surface area contributed by atoms with Crippen molar-refractivity contribution in [3.8, 4) is 6.07 Å². The van der Waals surface area contributed by atoms with Crippen LogP contribution in [0.1, 0.15) is 74.7 Å². The Balaban J connectivity index is 0.000000400. The third-order valence-corrected chi connectivity index (χ3v) is 9.23. The second kappa shape index (κ2) is 14.2. The predicted molar refractivity (Wildman–Crippen MR) is 172 cm³/mol. The van der Waals surface area contributed by atoms with Crippen molar-refractivity contribution in [2.45, 2.75) is 84.3 Å². The van der Waals surface area contributed by atoms with E-state index in [4.69, 9.17) is 9.97 Å². The number of anilines is 1. The lowest BCUT2D eigenvalue weighted by Gasteiger charge is -2.42. The average molecular weight is 582 g/mol. The van der Waals surface area contributed by atoms with Crippen molar-refractivity contribution >= 4 is 17.4 Å². The maximum Gasteiger partial charge on any atom is 0.246 e. The third kappa shape index (κ3) is 6.94. The van der Waals surface area contributed by atoms with Crippen molar-refractivity contribution < 1.29 is 4.79 Å². The molecule has 0 saturated carbocycles. The van der Waals surface area contributed by atoms with E-state index in [0.717, 1.165) is 62.2 Å². The maximum atomic E-state index is 12.3. The molecule has 1 amide bonds. The van der Waals surface area contributed by atoms with Gasteiger partial charge in [0.2, 0.25) is 5.91 Å². The highest BCUT2D eigenvalue weighted by Crippen LogP contribution is 2.35. The zero-order chi connectivity index (χ0) is 30.3. The van der Waals surface area contributed by atoms with Crippen LogP contribution in [-0.2, 0) is 30.6 Å². The van der Waals surface area contributed by atoms with Crippen LogP contribution < -0.4 is 4.90 Å². The van der Waals surface area contributed by atoms with Crippen molar-refractivity contribution in [1.82, 2.24) is 24.7 Å². The summed E-state index contributed by atoms with van der Waals surface area (Å²) >= 11 is 0. The van der Waals surface area contributed by atoms with Gasteiger partial charge in [0, 0.05) is 55.5 Å². The summed E-state index contributed by atoms with van der Waals surface area (Å²) in [6.45, 7) is 16.5. The molecule has 8 nitrogen and oxygen atoms in total. The fraction of sp³-hybridized carbons (Fsp3) is 0.543. The van der Waals surface area contributed by atoms with E-state index in [1.165, 1.54) is 54.4 Å². The largest absolute Gasteiger partial charge is 0.365 e. The van der Waals surface area contributed by atoms with Crippen LogP contribution in [0.15, 0.2) is 43.0 Å². The second-order valence-corrected chi connectivity index (χ2v) is 12.2. The number of aryl methyl sites for hydroxylation is 2. The summed E-state index contributed by atoms with van der Waals surface area (Å²) < 4.78 is 0. The number of fused-ring (bicyclic) bond motifs is 2. The number of piperazine rings is 1. The normalized spacial score (nSPS) is 20.0. The topological polar surface area (TPSA) is 79.6 Å². The molecule has 4 heterocycles. The van der Waals surface area contributed by atoms with Crippen LogP contribution in [0.25, 0.3) is 5.70 Å². The molecule has 2 aromatic rings. The number of nitriles is 1. The van der Waals surface area contributed by atoms with E-state index >= 15 is 0 Å². The number of amides is 1. The van der Waals surface area contributed by atoms with Gasteiger partial charge in [-0.2, -0.15) is 5.26 Å². The van der Waals surface area contributed by atoms with E-state index in [1.807, 2.05) is 0 Å². The molecule has 8 heteroatoms. The molecule has 0 N–H and O–H groups in total. The van der Waals surface area contributed by atoms with Gasteiger partial charge in [-0.3, -0.25) is 4.79 Å². The summed E-state index contributed by atoms with van der Waals surface area (Å²) in [5, 5.41) is 9.38. The van der Waals surface area contributed by atoms with Crippen LogP contribution in [0.5, 0.6) is 0 Å². The number of allylic oxidation sites excluding steroid dienone is 1. The Bertz CT molecular complexity index is 1370. The fourth-order valence-corrected chi connectivity index (χ4v) is 6.84. The molecule has 2 fully saturated rings. The Morgan fingerprint density at radius 2 is 1.88 bits per heavy atom. The molecule has 2 saturated heterocycles. The van der Waals surface area contributed by atoms with E-state index in [1.54, 1.807) is 4.90 Å². The first-order chi connectivity index (χ1) is 20.9. The first kappa shape index (κ1) is 30.7. The standard InChI is InChI=1S/C28H32N6O.C7H15N/c1-3-26-30-24-19-32(25-11-7-9-20-8-5-6-10-22(20)25)15-13-23(24)28(31-26)33-16-17-34(27(35)4-2)21(18-33)12-14-29;1-7(2)8-5-3-4-6-8/h4-6,8,10-11,21H,2-3,7,9,12-13,15-19H2,1H3;7H,3-6H2,1-2H3. The summed E-state index contributed by atoms with van der Waals surface area (Å²) in [4.78, 5) is 31.3. The Kier molecular flexibility index (Phi) is 10.1. The molecule has 228 valence electrons. The van der Waals surface area contributed by atoms with E-state index in [2.05, 4.69) is 78.5 Å². The number of carbonyl (C=O) groups is 1. The first-order valence-electron chi connectivity index (χ1n) is 16.1. The zero-order valence-corrected chi connectivity index (χ0v) is 26.3. The number of aromatic nitrogens is 2. The predicted octanol–water partition coefficient (Wildman–Crippen LogP) is 4.99. The van der Waals surface area contributed by atoms with Crippen molar-refractivity contribution in [3.05, 3.63) is 71.2 Å².